The fraction of sp³-hybridized carbons (Fsp3) is 0.185. The molecule has 0 spiro atoms. The van der Waals surface area contributed by atoms with Gasteiger partial charge in [-0.2, -0.15) is 5.26 Å². The summed E-state index contributed by atoms with van der Waals surface area (Å²) in [5.74, 6) is -2.10. The maximum Gasteiger partial charge on any atom is 0.335 e. The molecule has 1 aliphatic heterocycles. The molecule has 1 aromatic heterocycles. The zero-order valence-electron chi connectivity index (χ0n) is 21.1. The molecule has 2 aromatic carbocycles. The van der Waals surface area contributed by atoms with Crippen molar-refractivity contribution in [3.63, 3.8) is 0 Å². The molecule has 1 aliphatic carbocycles. The van der Waals surface area contributed by atoms with Crippen LogP contribution in [0.2, 0.25) is 10.0 Å². The molecule has 4 N–H and O–H groups in total. The van der Waals surface area contributed by atoms with E-state index in [1.165, 1.54) is 23.5 Å². The van der Waals surface area contributed by atoms with Gasteiger partial charge < -0.3 is 16.2 Å². The van der Waals surface area contributed by atoms with Gasteiger partial charge in [0, 0.05) is 23.4 Å². The van der Waals surface area contributed by atoms with Crippen LogP contribution in [0.1, 0.15) is 41.1 Å². The predicted molar refractivity (Wildman–Crippen MR) is 157 cm³/mol. The van der Waals surface area contributed by atoms with Gasteiger partial charge in [0.05, 0.1) is 38.9 Å². The lowest BCUT2D eigenvalue weighted by Gasteiger charge is -2.38. The molecule has 0 saturated heterocycles. The Morgan fingerprint density at radius 1 is 1.20 bits per heavy atom. The van der Waals surface area contributed by atoms with Crippen molar-refractivity contribution in [2.75, 3.05) is 16.0 Å². The quantitative estimate of drug-likeness (QED) is 0.282. The number of allylic oxidation sites excluding steroid dienone is 3. The minimum Gasteiger partial charge on any atom is -0.478 e. The van der Waals surface area contributed by atoms with E-state index in [-0.39, 0.29) is 34.4 Å². The summed E-state index contributed by atoms with van der Waals surface area (Å²) in [5.41, 5.74) is 8.93. The highest BCUT2D eigenvalue weighted by Crippen LogP contribution is 2.47. The molecule has 208 valence electrons. The number of hydrogen-bond acceptors (Lipinski definition) is 10. The van der Waals surface area contributed by atoms with Crippen molar-refractivity contribution in [1.29, 1.82) is 5.26 Å². The number of rotatable bonds is 7. The van der Waals surface area contributed by atoms with Gasteiger partial charge in [0.15, 0.2) is 10.1 Å². The number of carbonyl (C=O) groups is 3. The van der Waals surface area contributed by atoms with Gasteiger partial charge in [0.1, 0.15) is 5.82 Å². The third-order valence-electron chi connectivity index (χ3n) is 6.50. The van der Waals surface area contributed by atoms with Crippen molar-refractivity contribution in [3.8, 4) is 6.07 Å². The zero-order valence-corrected chi connectivity index (χ0v) is 24.2. The van der Waals surface area contributed by atoms with E-state index in [4.69, 9.17) is 34.0 Å². The van der Waals surface area contributed by atoms with Gasteiger partial charge in [-0.3, -0.25) is 14.5 Å². The smallest absolute Gasteiger partial charge is 0.335 e. The SMILES string of the molecule is N#CC1=C(N)N(c2nnc(SCC(=O)Nc3cccc(C(=O)O)c3)s2)C2=C(C(=O)CCC2)C1c1ccc(Cl)c(Cl)c1. The Bertz CT molecular complexity index is 1700. The molecule has 10 nitrogen and oxygen atoms in total. The first kappa shape index (κ1) is 28.6. The number of anilines is 2. The van der Waals surface area contributed by atoms with Crippen molar-refractivity contribution in [2.45, 2.75) is 29.5 Å². The Morgan fingerprint density at radius 2 is 2.00 bits per heavy atom. The summed E-state index contributed by atoms with van der Waals surface area (Å²) in [6, 6.07) is 13.1. The van der Waals surface area contributed by atoms with Gasteiger partial charge in [0.2, 0.25) is 11.0 Å². The Labute approximate surface area is 252 Å². The lowest BCUT2D eigenvalue weighted by Crippen LogP contribution is -2.38. The van der Waals surface area contributed by atoms with Crippen molar-refractivity contribution in [1.82, 2.24) is 10.2 Å². The number of carboxylic acids is 1. The minimum absolute atomic E-state index is 0.00741. The van der Waals surface area contributed by atoms with E-state index in [9.17, 15) is 19.6 Å². The number of nitrogens with one attached hydrogen (secondary N) is 1. The molecule has 2 aliphatic rings. The Hall–Kier alpha value is -3.89. The monoisotopic (exact) mass is 626 g/mol. The van der Waals surface area contributed by atoms with E-state index in [1.807, 2.05) is 0 Å². The number of nitrogens with two attached hydrogens (primary N) is 1. The maximum absolute atomic E-state index is 13.3. The van der Waals surface area contributed by atoms with Crippen molar-refractivity contribution in [3.05, 3.63) is 86.3 Å². The molecule has 1 unspecified atom stereocenters. The van der Waals surface area contributed by atoms with Crippen LogP contribution in [0.3, 0.4) is 0 Å². The molecule has 14 heteroatoms. The molecule has 0 radical (unpaired) electrons. The topological polar surface area (TPSA) is 162 Å². The lowest BCUT2D eigenvalue weighted by atomic mass is 9.76. The Kier molecular flexibility index (Phi) is 8.32. The van der Waals surface area contributed by atoms with Gasteiger partial charge >= 0.3 is 5.97 Å². The molecular weight excluding hydrogens is 607 g/mol. The predicted octanol–water partition coefficient (Wildman–Crippen LogP) is 5.58. The number of benzene rings is 2. The van der Waals surface area contributed by atoms with Crippen molar-refractivity contribution in [2.24, 2.45) is 5.73 Å². The molecular formula is C27H20Cl2N6O4S2. The van der Waals surface area contributed by atoms with Gasteiger partial charge in [-0.05, 0) is 48.7 Å². The lowest BCUT2D eigenvalue weighted by molar-refractivity contribution is -0.116. The zero-order chi connectivity index (χ0) is 29.3. The van der Waals surface area contributed by atoms with Crippen LogP contribution in [0.5, 0.6) is 0 Å². The van der Waals surface area contributed by atoms with E-state index in [2.05, 4.69) is 21.6 Å². The summed E-state index contributed by atoms with van der Waals surface area (Å²) < 4.78 is 0.469. The fourth-order valence-electron chi connectivity index (χ4n) is 4.74. The molecule has 1 amide bonds. The van der Waals surface area contributed by atoms with Gasteiger partial charge in [-0.15, -0.1) is 10.2 Å². The van der Waals surface area contributed by atoms with Crippen LogP contribution in [-0.4, -0.2) is 38.7 Å². The first-order valence-corrected chi connectivity index (χ1v) is 14.7. The third kappa shape index (κ3) is 5.80. The standard InChI is InChI=1S/C27H20Cl2N6O4S2/c28-17-8-7-13(10-18(17)29)22-16(11-30)24(31)35(19-5-2-6-20(36)23(19)22)26-33-34-27(41-26)40-12-21(37)32-15-4-1-3-14(9-15)25(38)39/h1,3-4,7-10,22H,2,5-6,12,31H2,(H,32,37)(H,38,39). The van der Waals surface area contributed by atoms with Crippen LogP contribution in [0.25, 0.3) is 0 Å². The molecule has 41 heavy (non-hydrogen) atoms. The highest BCUT2D eigenvalue weighted by atomic mass is 35.5. The second-order valence-corrected chi connectivity index (χ2v) is 12.1. The number of halogens is 2. The minimum atomic E-state index is -1.09. The van der Waals surface area contributed by atoms with E-state index in [0.29, 0.717) is 61.3 Å². The number of nitrogens with zero attached hydrogens (tertiary/aromatic N) is 4. The second-order valence-electron chi connectivity index (χ2n) is 9.06. The summed E-state index contributed by atoms with van der Waals surface area (Å²) in [7, 11) is 0. The van der Waals surface area contributed by atoms with Crippen molar-refractivity contribution >= 4 is 74.8 Å². The maximum atomic E-state index is 13.3. The number of amides is 1. The Morgan fingerprint density at radius 3 is 2.73 bits per heavy atom. The molecule has 3 aromatic rings. The van der Waals surface area contributed by atoms with E-state index in [1.54, 1.807) is 35.2 Å². The van der Waals surface area contributed by atoms with Crippen LogP contribution >= 0.6 is 46.3 Å². The summed E-state index contributed by atoms with van der Waals surface area (Å²) in [6.45, 7) is 0. The van der Waals surface area contributed by atoms with Crippen LogP contribution in [-0.2, 0) is 9.59 Å². The van der Waals surface area contributed by atoms with E-state index >= 15 is 0 Å². The highest BCUT2D eigenvalue weighted by Gasteiger charge is 2.41. The van der Waals surface area contributed by atoms with Crippen LogP contribution in [0.4, 0.5) is 10.8 Å². The third-order valence-corrected chi connectivity index (χ3v) is 9.28. The van der Waals surface area contributed by atoms with Crippen molar-refractivity contribution < 1.29 is 19.5 Å². The average molecular weight is 628 g/mol. The highest BCUT2D eigenvalue weighted by molar-refractivity contribution is 8.01. The van der Waals surface area contributed by atoms with E-state index in [0.717, 1.165) is 11.8 Å². The van der Waals surface area contributed by atoms with Crippen LogP contribution < -0.4 is 16.0 Å². The number of carboxylic acid groups (broad SMARTS) is 1. The first-order chi connectivity index (χ1) is 19.7. The summed E-state index contributed by atoms with van der Waals surface area (Å²) in [6.07, 6.45) is 1.49. The summed E-state index contributed by atoms with van der Waals surface area (Å²) >= 11 is 14.7. The molecule has 0 fully saturated rings. The fourth-order valence-corrected chi connectivity index (χ4v) is 6.72. The van der Waals surface area contributed by atoms with Crippen LogP contribution in [0, 0.1) is 11.3 Å². The Balaban J connectivity index is 1.40. The number of nitriles is 1. The van der Waals surface area contributed by atoms with Gasteiger partial charge in [-0.1, -0.05) is 58.4 Å². The van der Waals surface area contributed by atoms with Gasteiger partial charge in [-0.25, -0.2) is 4.79 Å². The van der Waals surface area contributed by atoms with Crippen LogP contribution in [0.15, 0.2) is 69.5 Å². The number of thioether (sulfide) groups is 1. The molecule has 0 saturated carbocycles. The number of ketones is 1. The normalized spacial score (nSPS) is 16.9. The number of hydrogen-bond donors (Lipinski definition) is 3. The average Bonchev–Trinajstić information content (AvgIpc) is 3.41. The molecule has 1 atom stereocenters. The summed E-state index contributed by atoms with van der Waals surface area (Å²) in [5, 5.41) is 31.4. The van der Waals surface area contributed by atoms with E-state index < -0.39 is 11.9 Å². The number of aromatic carboxylic acids is 1. The number of carbonyl (C=O) groups excluding carboxylic acids is 2. The first-order valence-electron chi connectivity index (χ1n) is 12.2. The second kappa shape index (κ2) is 11.9. The summed E-state index contributed by atoms with van der Waals surface area (Å²) in [4.78, 5) is 38.5. The molecule has 2 heterocycles. The molecule has 5 rings (SSSR count). The number of aromatic nitrogens is 2. The largest absolute Gasteiger partial charge is 0.478 e. The van der Waals surface area contributed by atoms with Gasteiger partial charge in [0.25, 0.3) is 0 Å². The number of Topliss-reactive ketones (excluding diaryl/α,β-unsaturated/α-hetero) is 1. The molecule has 0 bridgehead atoms.